The SMILES string of the molecule is COc1c(Br)cc(-c2cc(N)no2)cc1S(C)(=O)=O. The molecule has 1 heterocycles. The highest BCUT2D eigenvalue weighted by Gasteiger charge is 2.20. The fourth-order valence-corrected chi connectivity index (χ4v) is 3.23. The van der Waals surface area contributed by atoms with Crippen LogP contribution in [0.3, 0.4) is 0 Å². The Labute approximate surface area is 118 Å². The summed E-state index contributed by atoms with van der Waals surface area (Å²) in [6.45, 7) is 0. The van der Waals surface area contributed by atoms with E-state index in [4.69, 9.17) is 15.0 Å². The molecular weight excluding hydrogens is 336 g/mol. The van der Waals surface area contributed by atoms with E-state index in [1.165, 1.54) is 19.2 Å². The Morgan fingerprint density at radius 3 is 2.53 bits per heavy atom. The summed E-state index contributed by atoms with van der Waals surface area (Å²) in [5.41, 5.74) is 6.01. The maximum atomic E-state index is 11.8. The molecule has 1 aromatic heterocycles. The summed E-state index contributed by atoms with van der Waals surface area (Å²) in [5.74, 6) is 0.854. The largest absolute Gasteiger partial charge is 0.494 e. The fraction of sp³-hybridized carbons (Fsp3) is 0.182. The van der Waals surface area contributed by atoms with Gasteiger partial charge in [0, 0.05) is 17.9 Å². The van der Waals surface area contributed by atoms with E-state index in [-0.39, 0.29) is 16.5 Å². The van der Waals surface area contributed by atoms with Crippen molar-refractivity contribution in [3.8, 4) is 17.1 Å². The van der Waals surface area contributed by atoms with Gasteiger partial charge >= 0.3 is 0 Å². The lowest BCUT2D eigenvalue weighted by Gasteiger charge is -2.10. The number of benzene rings is 1. The molecule has 0 saturated carbocycles. The molecule has 0 radical (unpaired) electrons. The van der Waals surface area contributed by atoms with Crippen LogP contribution in [0.25, 0.3) is 11.3 Å². The number of halogens is 1. The standard InChI is InChI=1S/C11H11BrN2O4S/c1-17-11-7(12)3-6(4-9(11)19(2,15)16)8-5-10(13)14-18-8/h3-5H,1-2H3,(H2,13,14). The number of nitrogens with zero attached hydrogens (tertiary/aromatic N) is 1. The van der Waals surface area contributed by atoms with Crippen LogP contribution in [0.15, 0.2) is 32.1 Å². The molecule has 0 unspecified atom stereocenters. The lowest BCUT2D eigenvalue weighted by molar-refractivity contribution is 0.400. The number of nitrogens with two attached hydrogens (primary N) is 1. The van der Waals surface area contributed by atoms with Crippen molar-refractivity contribution in [1.29, 1.82) is 0 Å². The molecule has 0 spiro atoms. The first-order valence-electron chi connectivity index (χ1n) is 5.13. The topological polar surface area (TPSA) is 95.4 Å². The zero-order valence-corrected chi connectivity index (χ0v) is 12.6. The predicted molar refractivity (Wildman–Crippen MR) is 73.7 cm³/mol. The number of methoxy groups -OCH3 is 1. The summed E-state index contributed by atoms with van der Waals surface area (Å²) >= 11 is 3.27. The minimum absolute atomic E-state index is 0.0642. The minimum atomic E-state index is -3.44. The minimum Gasteiger partial charge on any atom is -0.494 e. The van der Waals surface area contributed by atoms with Crippen LogP contribution in [0.1, 0.15) is 0 Å². The smallest absolute Gasteiger partial charge is 0.179 e. The lowest BCUT2D eigenvalue weighted by Crippen LogP contribution is -2.02. The maximum absolute atomic E-state index is 11.8. The van der Waals surface area contributed by atoms with Crippen LogP contribution in [0.5, 0.6) is 5.75 Å². The van der Waals surface area contributed by atoms with Crippen LogP contribution in [-0.4, -0.2) is 26.9 Å². The molecule has 2 rings (SSSR count). The van der Waals surface area contributed by atoms with Crippen LogP contribution < -0.4 is 10.5 Å². The summed E-state index contributed by atoms with van der Waals surface area (Å²) < 4.78 is 34.2. The van der Waals surface area contributed by atoms with E-state index in [0.717, 1.165) is 6.26 Å². The molecule has 0 saturated heterocycles. The molecule has 2 aromatic rings. The maximum Gasteiger partial charge on any atom is 0.179 e. The Morgan fingerprint density at radius 1 is 1.37 bits per heavy atom. The second-order valence-electron chi connectivity index (χ2n) is 3.88. The molecule has 0 aliphatic carbocycles. The number of hydrogen-bond donors (Lipinski definition) is 1. The molecule has 0 bridgehead atoms. The van der Waals surface area contributed by atoms with E-state index in [1.54, 1.807) is 6.07 Å². The summed E-state index contributed by atoms with van der Waals surface area (Å²) in [6.07, 6.45) is 1.11. The van der Waals surface area contributed by atoms with Gasteiger partial charge in [0.25, 0.3) is 0 Å². The van der Waals surface area contributed by atoms with Gasteiger partial charge < -0.3 is 15.0 Å². The molecule has 0 amide bonds. The third-order valence-electron chi connectivity index (χ3n) is 2.43. The van der Waals surface area contributed by atoms with Crippen LogP contribution in [0, 0.1) is 0 Å². The Hall–Kier alpha value is -1.54. The highest BCUT2D eigenvalue weighted by atomic mass is 79.9. The van der Waals surface area contributed by atoms with Gasteiger partial charge in [-0.05, 0) is 28.1 Å². The highest BCUT2D eigenvalue weighted by molar-refractivity contribution is 9.10. The van der Waals surface area contributed by atoms with Crippen LogP contribution in [-0.2, 0) is 9.84 Å². The van der Waals surface area contributed by atoms with E-state index < -0.39 is 9.84 Å². The molecular formula is C11H11BrN2O4S. The van der Waals surface area contributed by atoms with Gasteiger partial charge in [-0.25, -0.2) is 8.42 Å². The number of anilines is 1. The number of ether oxygens (including phenoxy) is 1. The van der Waals surface area contributed by atoms with Gasteiger partial charge in [0.05, 0.1) is 11.6 Å². The van der Waals surface area contributed by atoms with Crippen LogP contribution in [0.4, 0.5) is 5.82 Å². The van der Waals surface area contributed by atoms with E-state index in [0.29, 0.717) is 15.8 Å². The molecule has 0 aliphatic heterocycles. The number of rotatable bonds is 3. The monoisotopic (exact) mass is 346 g/mol. The van der Waals surface area contributed by atoms with Gasteiger partial charge in [0.1, 0.15) is 4.90 Å². The first-order chi connectivity index (χ1) is 8.82. The molecule has 2 N–H and O–H groups in total. The molecule has 19 heavy (non-hydrogen) atoms. The van der Waals surface area contributed by atoms with Crippen molar-refractivity contribution in [2.24, 2.45) is 0 Å². The Morgan fingerprint density at radius 2 is 2.05 bits per heavy atom. The van der Waals surface area contributed by atoms with Gasteiger partial charge in [0.15, 0.2) is 27.2 Å². The Kier molecular flexibility index (Phi) is 3.55. The van der Waals surface area contributed by atoms with E-state index in [9.17, 15) is 8.42 Å². The first-order valence-corrected chi connectivity index (χ1v) is 7.81. The van der Waals surface area contributed by atoms with Gasteiger partial charge in [-0.15, -0.1) is 0 Å². The van der Waals surface area contributed by atoms with Crippen LogP contribution in [0.2, 0.25) is 0 Å². The first kappa shape index (κ1) is 13.9. The molecule has 102 valence electrons. The van der Waals surface area contributed by atoms with E-state index >= 15 is 0 Å². The fourth-order valence-electron chi connectivity index (χ4n) is 1.61. The van der Waals surface area contributed by atoms with Crippen molar-refractivity contribution < 1.29 is 17.7 Å². The molecule has 6 nitrogen and oxygen atoms in total. The predicted octanol–water partition coefficient (Wildman–Crippen LogP) is 2.10. The van der Waals surface area contributed by atoms with Gasteiger partial charge in [0.2, 0.25) is 0 Å². The lowest BCUT2D eigenvalue weighted by atomic mass is 10.1. The van der Waals surface area contributed by atoms with Crippen molar-refractivity contribution in [2.45, 2.75) is 4.90 Å². The summed E-state index contributed by atoms with van der Waals surface area (Å²) in [7, 11) is -2.04. The van der Waals surface area contributed by atoms with Gasteiger partial charge in [-0.3, -0.25) is 0 Å². The number of sulfone groups is 1. The number of hydrogen-bond acceptors (Lipinski definition) is 6. The van der Waals surface area contributed by atoms with Gasteiger partial charge in [-0.2, -0.15) is 0 Å². The second kappa shape index (κ2) is 4.86. The zero-order valence-electron chi connectivity index (χ0n) is 10.2. The summed E-state index contributed by atoms with van der Waals surface area (Å²) in [6, 6.07) is 4.65. The molecule has 0 aliphatic rings. The van der Waals surface area contributed by atoms with Crippen molar-refractivity contribution in [2.75, 3.05) is 19.1 Å². The molecule has 0 atom stereocenters. The Balaban J connectivity index is 2.70. The average Bonchev–Trinajstić information content (AvgIpc) is 2.73. The van der Waals surface area contributed by atoms with Gasteiger partial charge in [-0.1, -0.05) is 5.16 Å². The van der Waals surface area contributed by atoms with Crippen molar-refractivity contribution in [3.05, 3.63) is 22.7 Å². The summed E-state index contributed by atoms with van der Waals surface area (Å²) in [4.78, 5) is 0.0642. The van der Waals surface area contributed by atoms with Crippen LogP contribution >= 0.6 is 15.9 Å². The zero-order chi connectivity index (χ0) is 14.2. The number of nitrogen functional groups attached to an aromatic ring is 1. The number of aromatic nitrogens is 1. The van der Waals surface area contributed by atoms with Crippen molar-refractivity contribution in [1.82, 2.24) is 5.16 Å². The van der Waals surface area contributed by atoms with E-state index in [1.807, 2.05) is 0 Å². The van der Waals surface area contributed by atoms with Crippen molar-refractivity contribution >= 4 is 31.6 Å². The molecule has 8 heteroatoms. The highest BCUT2D eigenvalue weighted by Crippen LogP contribution is 2.37. The third-order valence-corrected chi connectivity index (χ3v) is 4.12. The normalized spacial score (nSPS) is 11.5. The van der Waals surface area contributed by atoms with Crippen molar-refractivity contribution in [3.63, 3.8) is 0 Å². The quantitative estimate of drug-likeness (QED) is 0.914. The molecule has 1 aromatic carbocycles. The molecule has 0 fully saturated rings. The average molecular weight is 347 g/mol. The second-order valence-corrected chi connectivity index (χ2v) is 6.72. The summed E-state index contributed by atoms with van der Waals surface area (Å²) in [5, 5.41) is 3.56. The van der Waals surface area contributed by atoms with E-state index in [2.05, 4.69) is 21.1 Å². The third kappa shape index (κ3) is 2.74. The Bertz CT molecular complexity index is 724.